The first-order chi connectivity index (χ1) is 10.6. The summed E-state index contributed by atoms with van der Waals surface area (Å²) in [6.45, 7) is 4.24. The third-order valence-electron chi connectivity index (χ3n) is 5.46. The molecule has 1 N–H and O–H groups in total. The summed E-state index contributed by atoms with van der Waals surface area (Å²) < 4.78 is 0. The van der Waals surface area contributed by atoms with Gasteiger partial charge in [0.05, 0.1) is 6.04 Å². The molecule has 2 unspecified atom stereocenters. The number of benzene rings is 1. The predicted molar refractivity (Wildman–Crippen MR) is 91.7 cm³/mol. The zero-order valence-corrected chi connectivity index (χ0v) is 14.1. The molecule has 2 aliphatic rings. The minimum Gasteiger partial charge on any atom is -0.382 e. The highest BCUT2D eigenvalue weighted by Gasteiger charge is 2.27. The maximum atomic E-state index is 12.8. The molecule has 1 aliphatic carbocycles. The standard InChI is InChI=1S/C19H28N2O/c1-13-11-16-12-15(9-10-18(16)20-13)19(22)14(2)21(3)17-7-5-4-6-8-17/h9-10,12-14,17,20H,4-8,11H2,1-3H3. The monoisotopic (exact) mass is 300 g/mol. The number of nitrogens with zero attached hydrogens (tertiary/aromatic N) is 1. The summed E-state index contributed by atoms with van der Waals surface area (Å²) in [5, 5.41) is 3.45. The van der Waals surface area contributed by atoms with Gasteiger partial charge in [0.15, 0.2) is 5.78 Å². The van der Waals surface area contributed by atoms with E-state index < -0.39 is 0 Å². The molecule has 2 atom stereocenters. The molecule has 1 fully saturated rings. The van der Waals surface area contributed by atoms with Gasteiger partial charge in [0, 0.05) is 23.3 Å². The lowest BCUT2D eigenvalue weighted by Crippen LogP contribution is -2.43. The lowest BCUT2D eigenvalue weighted by Gasteiger charge is -2.34. The van der Waals surface area contributed by atoms with Gasteiger partial charge in [-0.3, -0.25) is 9.69 Å². The van der Waals surface area contributed by atoms with Crippen LogP contribution in [0.3, 0.4) is 0 Å². The van der Waals surface area contributed by atoms with E-state index >= 15 is 0 Å². The lowest BCUT2D eigenvalue weighted by atomic mass is 9.92. The van der Waals surface area contributed by atoms with Gasteiger partial charge in [0.2, 0.25) is 0 Å². The van der Waals surface area contributed by atoms with Crippen LogP contribution in [0.1, 0.15) is 61.9 Å². The van der Waals surface area contributed by atoms with Crippen molar-refractivity contribution >= 4 is 11.5 Å². The van der Waals surface area contributed by atoms with Crippen LogP contribution in [-0.2, 0) is 6.42 Å². The van der Waals surface area contributed by atoms with Crippen molar-refractivity contribution in [2.45, 2.75) is 70.5 Å². The van der Waals surface area contributed by atoms with E-state index in [1.165, 1.54) is 43.4 Å². The fourth-order valence-electron chi connectivity index (χ4n) is 3.93. The van der Waals surface area contributed by atoms with E-state index in [1.54, 1.807) is 0 Å². The third-order valence-corrected chi connectivity index (χ3v) is 5.46. The molecular formula is C19H28N2O. The molecule has 3 heteroatoms. The first-order valence-electron chi connectivity index (χ1n) is 8.72. The third kappa shape index (κ3) is 3.05. The molecule has 0 bridgehead atoms. The molecule has 0 radical (unpaired) electrons. The Morgan fingerprint density at radius 2 is 2.00 bits per heavy atom. The van der Waals surface area contributed by atoms with Crippen molar-refractivity contribution in [2.75, 3.05) is 12.4 Å². The topological polar surface area (TPSA) is 32.3 Å². The van der Waals surface area contributed by atoms with Gasteiger partial charge in [0.25, 0.3) is 0 Å². The smallest absolute Gasteiger partial charge is 0.179 e. The minimum atomic E-state index is -0.0343. The Balaban J connectivity index is 1.71. The molecule has 0 amide bonds. The molecule has 1 aromatic rings. The van der Waals surface area contributed by atoms with E-state index in [-0.39, 0.29) is 11.8 Å². The summed E-state index contributed by atoms with van der Waals surface area (Å²) in [5.41, 5.74) is 3.34. The molecule has 1 heterocycles. The number of rotatable bonds is 4. The van der Waals surface area contributed by atoms with Crippen molar-refractivity contribution in [1.82, 2.24) is 4.90 Å². The Kier molecular flexibility index (Phi) is 4.53. The summed E-state index contributed by atoms with van der Waals surface area (Å²) in [5.74, 6) is 0.260. The maximum absolute atomic E-state index is 12.8. The van der Waals surface area contributed by atoms with Gasteiger partial charge in [0.1, 0.15) is 0 Å². The second kappa shape index (κ2) is 6.41. The molecule has 1 saturated carbocycles. The Morgan fingerprint density at radius 1 is 1.27 bits per heavy atom. The van der Waals surface area contributed by atoms with Crippen molar-refractivity contribution in [3.8, 4) is 0 Å². The quantitative estimate of drug-likeness (QED) is 0.857. The normalized spacial score (nSPS) is 23.2. The van der Waals surface area contributed by atoms with E-state index in [4.69, 9.17) is 0 Å². The van der Waals surface area contributed by atoms with Crippen LogP contribution in [0.25, 0.3) is 0 Å². The fourth-order valence-corrected chi connectivity index (χ4v) is 3.93. The summed E-state index contributed by atoms with van der Waals surface area (Å²) >= 11 is 0. The van der Waals surface area contributed by atoms with Crippen molar-refractivity contribution in [2.24, 2.45) is 0 Å². The summed E-state index contributed by atoms with van der Waals surface area (Å²) in [4.78, 5) is 15.1. The van der Waals surface area contributed by atoms with E-state index in [2.05, 4.69) is 43.2 Å². The van der Waals surface area contributed by atoms with E-state index in [9.17, 15) is 4.79 Å². The molecule has 3 nitrogen and oxygen atoms in total. The fraction of sp³-hybridized carbons (Fsp3) is 0.632. The Morgan fingerprint density at radius 3 is 2.73 bits per heavy atom. The Labute approximate surface area is 134 Å². The van der Waals surface area contributed by atoms with Gasteiger partial charge in [-0.25, -0.2) is 0 Å². The van der Waals surface area contributed by atoms with Crippen molar-refractivity contribution in [1.29, 1.82) is 0 Å². The van der Waals surface area contributed by atoms with Gasteiger partial charge in [-0.1, -0.05) is 19.3 Å². The second-order valence-corrected chi connectivity index (χ2v) is 7.12. The molecule has 1 aromatic carbocycles. The Bertz CT molecular complexity index is 548. The first kappa shape index (κ1) is 15.5. The number of carbonyl (C=O) groups excluding carboxylic acids is 1. The molecule has 22 heavy (non-hydrogen) atoms. The van der Waals surface area contributed by atoms with Crippen LogP contribution in [0, 0.1) is 0 Å². The number of carbonyl (C=O) groups is 1. The van der Waals surface area contributed by atoms with Crippen molar-refractivity contribution < 1.29 is 4.79 Å². The van der Waals surface area contributed by atoms with Gasteiger partial charge < -0.3 is 5.32 Å². The molecular weight excluding hydrogens is 272 g/mol. The zero-order valence-electron chi connectivity index (χ0n) is 14.1. The molecule has 1 aliphatic heterocycles. The number of hydrogen-bond donors (Lipinski definition) is 1. The predicted octanol–water partition coefficient (Wildman–Crippen LogP) is 3.88. The summed E-state index contributed by atoms with van der Waals surface area (Å²) in [6.07, 6.45) is 7.45. The van der Waals surface area contributed by atoms with Gasteiger partial charge >= 0.3 is 0 Å². The van der Waals surface area contributed by atoms with Gasteiger partial charge in [-0.2, -0.15) is 0 Å². The Hall–Kier alpha value is -1.35. The number of Topliss-reactive ketones (excluding diaryl/α,β-unsaturated/α-hetero) is 1. The highest BCUT2D eigenvalue weighted by molar-refractivity contribution is 6.00. The highest BCUT2D eigenvalue weighted by atomic mass is 16.1. The van der Waals surface area contributed by atoms with Crippen LogP contribution in [0.15, 0.2) is 18.2 Å². The zero-order chi connectivity index (χ0) is 15.7. The van der Waals surface area contributed by atoms with Crippen LogP contribution in [0.4, 0.5) is 5.69 Å². The van der Waals surface area contributed by atoms with Crippen molar-refractivity contribution in [3.05, 3.63) is 29.3 Å². The molecule has 0 spiro atoms. The minimum absolute atomic E-state index is 0.0343. The number of nitrogens with one attached hydrogen (secondary N) is 1. The number of likely N-dealkylation sites (N-methyl/N-ethyl adjacent to an activating group) is 1. The number of fused-ring (bicyclic) bond motifs is 1. The van der Waals surface area contributed by atoms with Gasteiger partial charge in [-0.05, 0) is 63.9 Å². The molecule has 0 aromatic heterocycles. The van der Waals surface area contributed by atoms with E-state index in [0.717, 1.165) is 12.0 Å². The van der Waals surface area contributed by atoms with Crippen LogP contribution in [0.2, 0.25) is 0 Å². The maximum Gasteiger partial charge on any atom is 0.179 e. The van der Waals surface area contributed by atoms with Crippen LogP contribution >= 0.6 is 0 Å². The average molecular weight is 300 g/mol. The molecule has 0 saturated heterocycles. The number of hydrogen-bond acceptors (Lipinski definition) is 3. The van der Waals surface area contributed by atoms with Crippen LogP contribution in [-0.4, -0.2) is 35.9 Å². The second-order valence-electron chi connectivity index (χ2n) is 7.12. The van der Waals surface area contributed by atoms with E-state index in [1.807, 2.05) is 6.07 Å². The molecule has 3 rings (SSSR count). The van der Waals surface area contributed by atoms with E-state index in [0.29, 0.717) is 12.1 Å². The highest BCUT2D eigenvalue weighted by Crippen LogP contribution is 2.28. The van der Waals surface area contributed by atoms with Gasteiger partial charge in [-0.15, -0.1) is 0 Å². The SMILES string of the molecule is CC1Cc2cc(C(=O)C(C)N(C)C3CCCCC3)ccc2N1. The first-order valence-corrected chi connectivity index (χ1v) is 8.72. The van der Waals surface area contributed by atoms with Crippen LogP contribution in [0.5, 0.6) is 0 Å². The largest absolute Gasteiger partial charge is 0.382 e. The summed E-state index contributed by atoms with van der Waals surface area (Å²) in [6, 6.07) is 7.16. The lowest BCUT2D eigenvalue weighted by molar-refractivity contribution is 0.0778. The average Bonchev–Trinajstić information content (AvgIpc) is 2.92. The number of anilines is 1. The number of ketones is 1. The molecule has 120 valence electrons. The van der Waals surface area contributed by atoms with Crippen molar-refractivity contribution in [3.63, 3.8) is 0 Å². The summed E-state index contributed by atoms with van der Waals surface area (Å²) in [7, 11) is 2.12. The van der Waals surface area contributed by atoms with Crippen LogP contribution < -0.4 is 5.32 Å².